The molecular formula is C26H27NO2. The first-order valence-electron chi connectivity index (χ1n) is 10.3. The molecule has 1 heterocycles. The Hall–Kier alpha value is -3.04. The fraction of sp³-hybridized carbons (Fsp3) is 0.231. The van der Waals surface area contributed by atoms with Gasteiger partial charge in [-0.3, -0.25) is 0 Å². The second-order valence-electron chi connectivity index (χ2n) is 7.38. The van der Waals surface area contributed by atoms with Crippen molar-refractivity contribution in [2.45, 2.75) is 25.9 Å². The van der Waals surface area contributed by atoms with Crippen LogP contribution in [0, 0.1) is 0 Å². The predicted octanol–water partition coefficient (Wildman–Crippen LogP) is 5.50. The summed E-state index contributed by atoms with van der Waals surface area (Å²) in [6, 6.07) is 26.4. The third-order valence-corrected chi connectivity index (χ3v) is 5.39. The summed E-state index contributed by atoms with van der Waals surface area (Å²) in [6.45, 7) is 4.12. The minimum atomic E-state index is 0.253. The SMILES string of the molecule is CCC(=C(c1ccc(O)cc1)c1ccc(O[C@@H]2CCNC2)cc1)c1ccccc1. The zero-order valence-corrected chi connectivity index (χ0v) is 16.8. The molecule has 1 fully saturated rings. The summed E-state index contributed by atoms with van der Waals surface area (Å²) in [7, 11) is 0. The summed E-state index contributed by atoms with van der Waals surface area (Å²) in [5.41, 5.74) is 5.93. The average molecular weight is 386 g/mol. The van der Waals surface area contributed by atoms with Crippen molar-refractivity contribution in [2.75, 3.05) is 13.1 Å². The van der Waals surface area contributed by atoms with Crippen LogP contribution in [0.5, 0.6) is 11.5 Å². The summed E-state index contributed by atoms with van der Waals surface area (Å²) in [5, 5.41) is 13.1. The summed E-state index contributed by atoms with van der Waals surface area (Å²) in [4.78, 5) is 0. The Kier molecular flexibility index (Phi) is 5.97. The Balaban J connectivity index is 1.76. The first-order valence-corrected chi connectivity index (χ1v) is 10.3. The van der Waals surface area contributed by atoms with Gasteiger partial charge in [-0.05, 0) is 71.5 Å². The van der Waals surface area contributed by atoms with Crippen LogP contribution in [0.2, 0.25) is 0 Å². The van der Waals surface area contributed by atoms with Gasteiger partial charge in [-0.1, -0.05) is 61.5 Å². The Morgan fingerprint density at radius 1 is 0.897 bits per heavy atom. The van der Waals surface area contributed by atoms with Gasteiger partial charge in [0.25, 0.3) is 0 Å². The highest BCUT2D eigenvalue weighted by atomic mass is 16.5. The van der Waals surface area contributed by atoms with Gasteiger partial charge in [0.1, 0.15) is 17.6 Å². The maximum Gasteiger partial charge on any atom is 0.119 e. The molecule has 0 aromatic heterocycles. The quantitative estimate of drug-likeness (QED) is 0.550. The number of benzene rings is 3. The van der Waals surface area contributed by atoms with Gasteiger partial charge in [0.15, 0.2) is 0 Å². The van der Waals surface area contributed by atoms with E-state index in [-0.39, 0.29) is 11.9 Å². The number of nitrogens with one attached hydrogen (secondary N) is 1. The molecular weight excluding hydrogens is 358 g/mol. The van der Waals surface area contributed by atoms with E-state index in [1.54, 1.807) is 12.1 Å². The Morgan fingerprint density at radius 2 is 1.55 bits per heavy atom. The van der Waals surface area contributed by atoms with Crippen LogP contribution >= 0.6 is 0 Å². The highest BCUT2D eigenvalue weighted by Crippen LogP contribution is 2.35. The molecule has 0 radical (unpaired) electrons. The van der Waals surface area contributed by atoms with E-state index in [0.29, 0.717) is 0 Å². The topological polar surface area (TPSA) is 41.5 Å². The molecule has 0 saturated carbocycles. The van der Waals surface area contributed by atoms with Crippen molar-refractivity contribution in [3.8, 4) is 11.5 Å². The second kappa shape index (κ2) is 8.97. The number of phenolic OH excluding ortho intramolecular Hbond substituents is 1. The van der Waals surface area contributed by atoms with Gasteiger partial charge in [-0.2, -0.15) is 0 Å². The molecule has 0 bridgehead atoms. The Morgan fingerprint density at radius 3 is 2.14 bits per heavy atom. The molecule has 4 rings (SSSR count). The summed E-state index contributed by atoms with van der Waals surface area (Å²) in [6.07, 6.45) is 2.21. The largest absolute Gasteiger partial charge is 0.508 e. The van der Waals surface area contributed by atoms with Gasteiger partial charge < -0.3 is 15.2 Å². The van der Waals surface area contributed by atoms with E-state index in [0.717, 1.165) is 42.8 Å². The van der Waals surface area contributed by atoms with Crippen LogP contribution in [-0.2, 0) is 0 Å². The first kappa shape index (κ1) is 19.3. The highest BCUT2D eigenvalue weighted by Gasteiger charge is 2.17. The van der Waals surface area contributed by atoms with Gasteiger partial charge in [0.05, 0.1) is 0 Å². The number of aromatic hydroxyl groups is 1. The van der Waals surface area contributed by atoms with Crippen LogP contribution in [0.3, 0.4) is 0 Å². The monoisotopic (exact) mass is 385 g/mol. The normalized spacial score (nSPS) is 17.1. The van der Waals surface area contributed by atoms with Crippen molar-refractivity contribution >= 4 is 11.1 Å². The molecule has 0 amide bonds. The van der Waals surface area contributed by atoms with Crippen molar-refractivity contribution < 1.29 is 9.84 Å². The predicted molar refractivity (Wildman–Crippen MR) is 119 cm³/mol. The van der Waals surface area contributed by atoms with Crippen molar-refractivity contribution in [3.05, 3.63) is 95.6 Å². The lowest BCUT2D eigenvalue weighted by Gasteiger charge is -2.17. The minimum Gasteiger partial charge on any atom is -0.508 e. The fourth-order valence-electron chi connectivity index (χ4n) is 3.93. The molecule has 0 unspecified atom stereocenters. The molecule has 1 aliphatic heterocycles. The zero-order valence-electron chi connectivity index (χ0n) is 16.8. The van der Waals surface area contributed by atoms with Gasteiger partial charge >= 0.3 is 0 Å². The van der Waals surface area contributed by atoms with Crippen LogP contribution in [-0.4, -0.2) is 24.3 Å². The Bertz CT molecular complexity index is 954. The number of phenols is 1. The molecule has 0 aliphatic carbocycles. The number of rotatable bonds is 6. The summed E-state index contributed by atoms with van der Waals surface area (Å²) in [5.74, 6) is 1.19. The lowest BCUT2D eigenvalue weighted by atomic mass is 9.88. The van der Waals surface area contributed by atoms with Crippen LogP contribution < -0.4 is 10.1 Å². The third kappa shape index (κ3) is 4.52. The Labute approximate surface area is 172 Å². The minimum absolute atomic E-state index is 0.253. The number of hydrogen-bond acceptors (Lipinski definition) is 3. The lowest BCUT2D eigenvalue weighted by Crippen LogP contribution is -2.19. The van der Waals surface area contributed by atoms with E-state index in [2.05, 4.69) is 60.8 Å². The van der Waals surface area contributed by atoms with Crippen LogP contribution in [0.1, 0.15) is 36.5 Å². The molecule has 1 saturated heterocycles. The van der Waals surface area contributed by atoms with E-state index in [4.69, 9.17) is 4.74 Å². The smallest absolute Gasteiger partial charge is 0.119 e. The number of ether oxygens (including phenoxy) is 1. The molecule has 3 heteroatoms. The molecule has 29 heavy (non-hydrogen) atoms. The van der Waals surface area contributed by atoms with E-state index in [1.807, 2.05) is 18.2 Å². The summed E-state index contributed by atoms with van der Waals surface area (Å²) >= 11 is 0. The van der Waals surface area contributed by atoms with E-state index in [9.17, 15) is 5.11 Å². The van der Waals surface area contributed by atoms with Crippen molar-refractivity contribution in [3.63, 3.8) is 0 Å². The molecule has 3 aromatic rings. The van der Waals surface area contributed by atoms with Crippen LogP contribution in [0.25, 0.3) is 11.1 Å². The average Bonchev–Trinajstić information content (AvgIpc) is 3.27. The molecule has 2 N–H and O–H groups in total. The zero-order chi connectivity index (χ0) is 20.1. The maximum atomic E-state index is 9.76. The number of hydrogen-bond donors (Lipinski definition) is 2. The third-order valence-electron chi connectivity index (χ3n) is 5.39. The highest BCUT2D eigenvalue weighted by molar-refractivity contribution is 5.98. The molecule has 0 spiro atoms. The van der Waals surface area contributed by atoms with Gasteiger partial charge in [0, 0.05) is 6.54 Å². The van der Waals surface area contributed by atoms with Crippen molar-refractivity contribution in [1.82, 2.24) is 5.32 Å². The van der Waals surface area contributed by atoms with E-state index < -0.39 is 0 Å². The molecule has 3 aromatic carbocycles. The lowest BCUT2D eigenvalue weighted by molar-refractivity contribution is 0.223. The van der Waals surface area contributed by atoms with E-state index >= 15 is 0 Å². The maximum absolute atomic E-state index is 9.76. The van der Waals surface area contributed by atoms with Crippen molar-refractivity contribution in [2.24, 2.45) is 0 Å². The van der Waals surface area contributed by atoms with E-state index in [1.165, 1.54) is 16.7 Å². The van der Waals surface area contributed by atoms with Gasteiger partial charge in [0.2, 0.25) is 0 Å². The van der Waals surface area contributed by atoms with Crippen molar-refractivity contribution in [1.29, 1.82) is 0 Å². The summed E-state index contributed by atoms with van der Waals surface area (Å²) < 4.78 is 6.09. The molecule has 1 aliphatic rings. The first-order chi connectivity index (χ1) is 14.2. The molecule has 3 nitrogen and oxygen atoms in total. The van der Waals surface area contributed by atoms with Crippen LogP contribution in [0.4, 0.5) is 0 Å². The second-order valence-corrected chi connectivity index (χ2v) is 7.38. The van der Waals surface area contributed by atoms with Gasteiger partial charge in [-0.15, -0.1) is 0 Å². The standard InChI is InChI=1S/C26H27NO2/c1-2-25(19-6-4-3-5-7-19)26(20-8-12-22(28)13-9-20)21-10-14-23(15-11-21)29-24-16-17-27-18-24/h3-15,24,27-28H,2,16-18H2,1H3/t24-/m1/s1. The number of allylic oxidation sites excluding steroid dienone is 1. The molecule has 1 atom stereocenters. The van der Waals surface area contributed by atoms with Gasteiger partial charge in [-0.25, -0.2) is 0 Å². The fourth-order valence-corrected chi connectivity index (χ4v) is 3.93. The van der Waals surface area contributed by atoms with Crippen LogP contribution in [0.15, 0.2) is 78.9 Å². The molecule has 148 valence electrons.